The zero-order valence-electron chi connectivity index (χ0n) is 15.1. The van der Waals surface area contributed by atoms with E-state index in [1.54, 1.807) is 0 Å². The predicted molar refractivity (Wildman–Crippen MR) is 101 cm³/mol. The lowest BCUT2D eigenvalue weighted by atomic mass is 10.2. The summed E-state index contributed by atoms with van der Waals surface area (Å²) in [5.74, 6) is 0.477. The number of carbonyl (C=O) groups excluding carboxylic acids is 1. The molecule has 0 atom stereocenters. The zero-order chi connectivity index (χ0) is 17.8. The maximum atomic E-state index is 11.6. The fourth-order valence-electron chi connectivity index (χ4n) is 2.12. The third kappa shape index (κ3) is 9.02. The van der Waals surface area contributed by atoms with E-state index in [9.17, 15) is 4.79 Å². The average Bonchev–Trinajstić information content (AvgIpc) is 2.53. The monoisotopic (exact) mass is 333 g/mol. The Morgan fingerprint density at radius 2 is 1.88 bits per heavy atom. The maximum Gasteiger partial charge on any atom is 0.319 e. The van der Waals surface area contributed by atoms with Crippen molar-refractivity contribution in [2.45, 2.75) is 59.0 Å². The number of hydrogen-bond acceptors (Lipinski definition) is 2. The molecule has 6 nitrogen and oxygen atoms in total. The van der Waals surface area contributed by atoms with Gasteiger partial charge in [0.15, 0.2) is 5.96 Å². The third-order valence-corrected chi connectivity index (χ3v) is 3.40. The van der Waals surface area contributed by atoms with E-state index < -0.39 is 0 Å². The molecule has 24 heavy (non-hydrogen) atoms. The molecule has 1 aromatic rings. The number of carbonyl (C=O) groups is 1. The van der Waals surface area contributed by atoms with Gasteiger partial charge in [0.1, 0.15) is 0 Å². The number of aliphatic imine (C=N–C) groups is 1. The van der Waals surface area contributed by atoms with Crippen LogP contribution < -0.4 is 21.7 Å². The van der Waals surface area contributed by atoms with E-state index in [0.717, 1.165) is 24.2 Å². The van der Waals surface area contributed by atoms with Crippen molar-refractivity contribution in [3.63, 3.8) is 0 Å². The number of anilines is 1. The Kier molecular flexibility index (Phi) is 9.34. The van der Waals surface area contributed by atoms with Gasteiger partial charge in [0.05, 0.1) is 6.54 Å². The number of guanidine groups is 1. The fourth-order valence-corrected chi connectivity index (χ4v) is 2.12. The molecule has 0 fully saturated rings. The number of nitrogens with two attached hydrogens (primary N) is 1. The summed E-state index contributed by atoms with van der Waals surface area (Å²) >= 11 is 0. The second kappa shape index (κ2) is 11.3. The zero-order valence-corrected chi connectivity index (χ0v) is 15.1. The molecule has 0 aliphatic rings. The molecule has 0 bridgehead atoms. The van der Waals surface area contributed by atoms with Gasteiger partial charge in [-0.2, -0.15) is 0 Å². The lowest BCUT2D eigenvalue weighted by molar-refractivity contribution is 0.250. The minimum atomic E-state index is -0.202. The number of benzene rings is 1. The molecule has 0 radical (unpaired) electrons. The number of nitrogens with one attached hydrogen (secondary N) is 3. The normalized spacial score (nSPS) is 11.4. The maximum absolute atomic E-state index is 11.6. The standard InChI is InChI=1S/C18H31N5O/c1-4-5-6-7-12-20-17(19)21-13-15-8-10-16(11-9-15)23-18(24)22-14(2)3/h8-11,14H,4-7,12-13H2,1-3H3,(H3,19,20,21)(H2,22,23,24). The van der Waals surface area contributed by atoms with Crippen LogP contribution in [0.25, 0.3) is 0 Å². The fraction of sp³-hybridized carbons (Fsp3) is 0.556. The predicted octanol–water partition coefficient (Wildman–Crippen LogP) is 3.20. The van der Waals surface area contributed by atoms with E-state index in [2.05, 4.69) is 27.9 Å². The molecule has 2 amide bonds. The number of rotatable bonds is 9. The van der Waals surface area contributed by atoms with Gasteiger partial charge in [-0.25, -0.2) is 9.79 Å². The van der Waals surface area contributed by atoms with E-state index in [1.165, 1.54) is 19.3 Å². The van der Waals surface area contributed by atoms with Gasteiger partial charge >= 0.3 is 6.03 Å². The van der Waals surface area contributed by atoms with Crippen LogP contribution in [-0.4, -0.2) is 24.6 Å². The minimum absolute atomic E-state index is 0.107. The largest absolute Gasteiger partial charge is 0.370 e. The summed E-state index contributed by atoms with van der Waals surface area (Å²) < 4.78 is 0. The molecule has 0 heterocycles. The van der Waals surface area contributed by atoms with Crippen LogP contribution in [0.3, 0.4) is 0 Å². The van der Waals surface area contributed by atoms with Gasteiger partial charge in [-0.1, -0.05) is 38.3 Å². The molecular weight excluding hydrogens is 302 g/mol. The first-order chi connectivity index (χ1) is 11.5. The first-order valence-corrected chi connectivity index (χ1v) is 8.71. The highest BCUT2D eigenvalue weighted by Crippen LogP contribution is 2.10. The van der Waals surface area contributed by atoms with Crippen LogP contribution >= 0.6 is 0 Å². The molecular formula is C18H31N5O. The van der Waals surface area contributed by atoms with Crippen LogP contribution in [0.4, 0.5) is 10.5 Å². The number of hydrogen-bond donors (Lipinski definition) is 4. The van der Waals surface area contributed by atoms with Crippen molar-refractivity contribution in [2.75, 3.05) is 11.9 Å². The van der Waals surface area contributed by atoms with Gasteiger partial charge in [-0.3, -0.25) is 0 Å². The van der Waals surface area contributed by atoms with Gasteiger partial charge in [0.25, 0.3) is 0 Å². The third-order valence-electron chi connectivity index (χ3n) is 3.40. The molecule has 6 heteroatoms. The first-order valence-electron chi connectivity index (χ1n) is 8.71. The molecule has 0 saturated carbocycles. The molecule has 0 unspecified atom stereocenters. The van der Waals surface area contributed by atoms with E-state index in [-0.39, 0.29) is 12.1 Å². The van der Waals surface area contributed by atoms with Gasteiger partial charge in [-0.05, 0) is 38.0 Å². The van der Waals surface area contributed by atoms with Crippen molar-refractivity contribution in [1.29, 1.82) is 0 Å². The number of nitrogens with zero attached hydrogens (tertiary/aromatic N) is 1. The van der Waals surface area contributed by atoms with Crippen molar-refractivity contribution in [3.8, 4) is 0 Å². The summed E-state index contributed by atoms with van der Waals surface area (Å²) in [5, 5.41) is 8.70. The highest BCUT2D eigenvalue weighted by molar-refractivity contribution is 5.89. The molecule has 0 saturated heterocycles. The quantitative estimate of drug-likeness (QED) is 0.318. The lowest BCUT2D eigenvalue weighted by Crippen LogP contribution is -2.34. The van der Waals surface area contributed by atoms with E-state index in [1.807, 2.05) is 38.1 Å². The highest BCUT2D eigenvalue weighted by Gasteiger charge is 2.03. The van der Waals surface area contributed by atoms with E-state index >= 15 is 0 Å². The van der Waals surface area contributed by atoms with Gasteiger partial charge in [0.2, 0.25) is 0 Å². The number of amides is 2. The summed E-state index contributed by atoms with van der Waals surface area (Å²) in [6.07, 6.45) is 4.82. The van der Waals surface area contributed by atoms with Crippen molar-refractivity contribution >= 4 is 17.7 Å². The molecule has 0 aliphatic heterocycles. The van der Waals surface area contributed by atoms with Gasteiger partial charge < -0.3 is 21.7 Å². The Hall–Kier alpha value is -2.24. The highest BCUT2D eigenvalue weighted by atomic mass is 16.2. The van der Waals surface area contributed by atoms with Gasteiger partial charge in [0, 0.05) is 18.3 Å². The average molecular weight is 333 g/mol. The van der Waals surface area contributed by atoms with Crippen LogP contribution in [0, 0.1) is 0 Å². The van der Waals surface area contributed by atoms with Crippen molar-refractivity contribution in [3.05, 3.63) is 29.8 Å². The Morgan fingerprint density at radius 3 is 2.50 bits per heavy atom. The topological polar surface area (TPSA) is 91.5 Å². The van der Waals surface area contributed by atoms with E-state index in [4.69, 9.17) is 5.73 Å². The van der Waals surface area contributed by atoms with Crippen LogP contribution in [0.1, 0.15) is 52.0 Å². The van der Waals surface area contributed by atoms with Crippen LogP contribution in [-0.2, 0) is 6.54 Å². The van der Waals surface area contributed by atoms with Crippen molar-refractivity contribution in [2.24, 2.45) is 10.7 Å². The molecule has 0 aliphatic carbocycles. The van der Waals surface area contributed by atoms with Crippen LogP contribution in [0.5, 0.6) is 0 Å². The molecule has 0 aromatic heterocycles. The Morgan fingerprint density at radius 1 is 1.17 bits per heavy atom. The van der Waals surface area contributed by atoms with Crippen molar-refractivity contribution in [1.82, 2.24) is 10.6 Å². The summed E-state index contributed by atoms with van der Waals surface area (Å²) in [6.45, 7) is 7.42. The summed E-state index contributed by atoms with van der Waals surface area (Å²) in [4.78, 5) is 15.9. The number of urea groups is 1. The first kappa shape index (κ1) is 19.8. The summed E-state index contributed by atoms with van der Waals surface area (Å²) in [5.41, 5.74) is 7.65. The van der Waals surface area contributed by atoms with E-state index in [0.29, 0.717) is 12.5 Å². The van der Waals surface area contributed by atoms with Gasteiger partial charge in [-0.15, -0.1) is 0 Å². The molecule has 134 valence electrons. The van der Waals surface area contributed by atoms with Crippen LogP contribution in [0.2, 0.25) is 0 Å². The summed E-state index contributed by atoms with van der Waals surface area (Å²) in [6, 6.07) is 7.49. The summed E-state index contributed by atoms with van der Waals surface area (Å²) in [7, 11) is 0. The second-order valence-corrected chi connectivity index (χ2v) is 6.14. The number of unbranched alkanes of at least 4 members (excludes halogenated alkanes) is 3. The lowest BCUT2D eigenvalue weighted by Gasteiger charge is -2.10. The van der Waals surface area contributed by atoms with Crippen molar-refractivity contribution < 1.29 is 4.79 Å². The minimum Gasteiger partial charge on any atom is -0.370 e. The second-order valence-electron chi connectivity index (χ2n) is 6.14. The molecule has 0 spiro atoms. The molecule has 1 rings (SSSR count). The molecule has 5 N–H and O–H groups in total. The Balaban J connectivity index is 2.35. The van der Waals surface area contributed by atoms with Crippen LogP contribution in [0.15, 0.2) is 29.3 Å². The Labute approximate surface area is 145 Å². The Bertz CT molecular complexity index is 511. The smallest absolute Gasteiger partial charge is 0.319 e. The molecule has 1 aromatic carbocycles. The SMILES string of the molecule is CCCCCCNC(N)=NCc1ccc(NC(=O)NC(C)C)cc1.